The molecule has 13 heavy (non-hydrogen) atoms. The Morgan fingerprint density at radius 3 is 2.38 bits per heavy atom. The molecule has 1 aliphatic carbocycles. The molecule has 0 bridgehead atoms. The first kappa shape index (κ1) is 10.7. The molecule has 0 aromatic carbocycles. The van der Waals surface area contributed by atoms with Crippen LogP contribution in [0.15, 0.2) is 0 Å². The van der Waals surface area contributed by atoms with E-state index in [0.29, 0.717) is 17.6 Å². The van der Waals surface area contributed by atoms with Gasteiger partial charge in [0.1, 0.15) is 5.78 Å². The van der Waals surface area contributed by atoms with Crippen LogP contribution in [0.4, 0.5) is 0 Å². The maximum atomic E-state index is 12.0. The van der Waals surface area contributed by atoms with Gasteiger partial charge in [-0.25, -0.2) is 0 Å². The van der Waals surface area contributed by atoms with Crippen LogP contribution in [0, 0.1) is 11.8 Å². The van der Waals surface area contributed by atoms with E-state index in [4.69, 9.17) is 0 Å². The number of ketones is 1. The van der Waals surface area contributed by atoms with Gasteiger partial charge in [0.25, 0.3) is 0 Å². The second kappa shape index (κ2) is 5.41. The predicted octanol–water partition coefficient (Wildman–Crippen LogP) is 3.57. The summed E-state index contributed by atoms with van der Waals surface area (Å²) in [6, 6.07) is 0. The summed E-state index contributed by atoms with van der Waals surface area (Å²) in [6.45, 7) is 4.32. The van der Waals surface area contributed by atoms with Crippen molar-refractivity contribution in [3.8, 4) is 0 Å². The van der Waals surface area contributed by atoms with Crippen molar-refractivity contribution in [1.82, 2.24) is 0 Å². The van der Waals surface area contributed by atoms with Gasteiger partial charge in [0, 0.05) is 11.8 Å². The molecule has 1 heteroatoms. The molecule has 0 aliphatic heterocycles. The molecule has 0 aromatic heterocycles. The van der Waals surface area contributed by atoms with Gasteiger partial charge < -0.3 is 0 Å². The Morgan fingerprint density at radius 2 is 1.92 bits per heavy atom. The molecule has 1 unspecified atom stereocenters. The number of rotatable bonds is 5. The van der Waals surface area contributed by atoms with Crippen molar-refractivity contribution in [3.63, 3.8) is 0 Å². The lowest BCUT2D eigenvalue weighted by Crippen LogP contribution is -2.21. The van der Waals surface area contributed by atoms with E-state index in [0.717, 1.165) is 19.3 Å². The van der Waals surface area contributed by atoms with Crippen molar-refractivity contribution < 1.29 is 4.79 Å². The van der Waals surface area contributed by atoms with Gasteiger partial charge in [0.2, 0.25) is 0 Å². The van der Waals surface area contributed by atoms with Crippen LogP contribution in [-0.2, 0) is 4.79 Å². The molecule has 76 valence electrons. The fraction of sp³-hybridized carbons (Fsp3) is 0.917. The van der Waals surface area contributed by atoms with Crippen molar-refractivity contribution in [2.75, 3.05) is 0 Å². The van der Waals surface area contributed by atoms with Crippen LogP contribution >= 0.6 is 0 Å². The van der Waals surface area contributed by atoms with Crippen LogP contribution in [0.2, 0.25) is 0 Å². The molecule has 1 saturated carbocycles. The fourth-order valence-corrected chi connectivity index (χ4v) is 2.44. The first-order valence-electron chi connectivity index (χ1n) is 5.83. The molecule has 1 nitrogen and oxygen atoms in total. The lowest BCUT2D eigenvalue weighted by atomic mass is 9.87. The van der Waals surface area contributed by atoms with E-state index in [2.05, 4.69) is 13.8 Å². The van der Waals surface area contributed by atoms with Gasteiger partial charge in [0.05, 0.1) is 0 Å². The van der Waals surface area contributed by atoms with Gasteiger partial charge in [0.15, 0.2) is 0 Å². The van der Waals surface area contributed by atoms with Crippen molar-refractivity contribution in [1.29, 1.82) is 0 Å². The molecule has 0 aromatic rings. The highest BCUT2D eigenvalue weighted by Crippen LogP contribution is 2.29. The second-order valence-electron chi connectivity index (χ2n) is 4.28. The Kier molecular flexibility index (Phi) is 4.47. The molecule has 0 spiro atoms. The zero-order valence-corrected chi connectivity index (χ0v) is 9.01. The second-order valence-corrected chi connectivity index (χ2v) is 4.28. The van der Waals surface area contributed by atoms with Crippen LogP contribution in [-0.4, -0.2) is 5.78 Å². The average molecular weight is 182 g/mol. The first-order valence-corrected chi connectivity index (χ1v) is 5.83. The fourth-order valence-electron chi connectivity index (χ4n) is 2.44. The number of hydrogen-bond donors (Lipinski definition) is 0. The largest absolute Gasteiger partial charge is 0.299 e. The van der Waals surface area contributed by atoms with E-state index in [1.54, 1.807) is 0 Å². The van der Waals surface area contributed by atoms with E-state index < -0.39 is 0 Å². The molecule has 0 saturated heterocycles. The zero-order chi connectivity index (χ0) is 9.68. The van der Waals surface area contributed by atoms with Gasteiger partial charge in [-0.2, -0.15) is 0 Å². The summed E-state index contributed by atoms with van der Waals surface area (Å²) in [5, 5.41) is 0. The molecule has 0 N–H and O–H groups in total. The van der Waals surface area contributed by atoms with Gasteiger partial charge in [-0.05, 0) is 25.7 Å². The molecule has 0 radical (unpaired) electrons. The third kappa shape index (κ3) is 2.82. The SMILES string of the molecule is CCCC(CC)C(=O)C1CCCC1. The normalized spacial score (nSPS) is 20.5. The number of hydrogen-bond acceptors (Lipinski definition) is 1. The lowest BCUT2D eigenvalue weighted by molar-refractivity contribution is -0.127. The Labute approximate surface area is 81.9 Å². The Morgan fingerprint density at radius 1 is 1.31 bits per heavy atom. The zero-order valence-electron chi connectivity index (χ0n) is 9.01. The molecule has 1 fully saturated rings. The first-order chi connectivity index (χ1) is 6.29. The van der Waals surface area contributed by atoms with E-state index >= 15 is 0 Å². The quantitative estimate of drug-likeness (QED) is 0.635. The molecule has 1 aliphatic rings. The third-order valence-electron chi connectivity index (χ3n) is 3.29. The van der Waals surface area contributed by atoms with E-state index in [1.807, 2.05) is 0 Å². The third-order valence-corrected chi connectivity index (χ3v) is 3.29. The molecule has 0 amide bonds. The molecular formula is C12H22O. The highest BCUT2D eigenvalue weighted by atomic mass is 16.1. The van der Waals surface area contributed by atoms with Crippen LogP contribution < -0.4 is 0 Å². The van der Waals surface area contributed by atoms with Gasteiger partial charge in [-0.15, -0.1) is 0 Å². The van der Waals surface area contributed by atoms with Gasteiger partial charge >= 0.3 is 0 Å². The lowest BCUT2D eigenvalue weighted by Gasteiger charge is -2.16. The molecular weight excluding hydrogens is 160 g/mol. The summed E-state index contributed by atoms with van der Waals surface area (Å²) in [4.78, 5) is 12.0. The minimum absolute atomic E-state index is 0.369. The van der Waals surface area contributed by atoms with Crippen LogP contribution in [0.25, 0.3) is 0 Å². The summed E-state index contributed by atoms with van der Waals surface area (Å²) >= 11 is 0. The van der Waals surface area contributed by atoms with E-state index in [1.165, 1.54) is 25.7 Å². The van der Waals surface area contributed by atoms with Crippen LogP contribution in [0.1, 0.15) is 58.8 Å². The van der Waals surface area contributed by atoms with Crippen molar-refractivity contribution >= 4 is 5.78 Å². The Bertz CT molecular complexity index is 157. The molecule has 0 heterocycles. The number of carbonyl (C=O) groups excluding carboxylic acids is 1. The Hall–Kier alpha value is -0.330. The topological polar surface area (TPSA) is 17.1 Å². The molecule has 1 atom stereocenters. The summed E-state index contributed by atoms with van der Waals surface area (Å²) in [5.74, 6) is 1.37. The average Bonchev–Trinajstić information content (AvgIpc) is 2.65. The monoisotopic (exact) mass is 182 g/mol. The van der Waals surface area contributed by atoms with Crippen molar-refractivity contribution in [2.24, 2.45) is 11.8 Å². The van der Waals surface area contributed by atoms with Crippen LogP contribution in [0.3, 0.4) is 0 Å². The van der Waals surface area contributed by atoms with Gasteiger partial charge in [-0.3, -0.25) is 4.79 Å². The highest BCUT2D eigenvalue weighted by Gasteiger charge is 2.27. The summed E-state index contributed by atoms with van der Waals surface area (Å²) in [5.41, 5.74) is 0. The standard InChI is InChI=1S/C12H22O/c1-3-7-10(4-2)12(13)11-8-5-6-9-11/h10-11H,3-9H2,1-2H3. The van der Waals surface area contributed by atoms with E-state index in [-0.39, 0.29) is 0 Å². The summed E-state index contributed by atoms with van der Waals surface area (Å²) in [7, 11) is 0. The van der Waals surface area contributed by atoms with Crippen molar-refractivity contribution in [2.45, 2.75) is 58.8 Å². The minimum atomic E-state index is 0.369. The minimum Gasteiger partial charge on any atom is -0.299 e. The maximum absolute atomic E-state index is 12.0. The van der Waals surface area contributed by atoms with Gasteiger partial charge in [-0.1, -0.05) is 33.1 Å². The van der Waals surface area contributed by atoms with E-state index in [9.17, 15) is 4.79 Å². The predicted molar refractivity (Wildman–Crippen MR) is 55.7 cm³/mol. The highest BCUT2D eigenvalue weighted by molar-refractivity contribution is 5.83. The summed E-state index contributed by atoms with van der Waals surface area (Å²) < 4.78 is 0. The molecule has 1 rings (SSSR count). The van der Waals surface area contributed by atoms with Crippen LogP contribution in [0.5, 0.6) is 0 Å². The van der Waals surface area contributed by atoms with Crippen molar-refractivity contribution in [3.05, 3.63) is 0 Å². The number of Topliss-reactive ketones (excluding diaryl/α,β-unsaturated/α-hetero) is 1. The maximum Gasteiger partial charge on any atom is 0.139 e. The Balaban J connectivity index is 2.42. The number of carbonyl (C=O) groups is 1. The smallest absolute Gasteiger partial charge is 0.139 e. The summed E-state index contributed by atoms with van der Waals surface area (Å²) in [6.07, 6.45) is 8.18.